The van der Waals surface area contributed by atoms with Crippen LogP contribution in [-0.2, 0) is 10.8 Å². The third-order valence-corrected chi connectivity index (χ3v) is 17.4. The number of hydrogen-bond acceptors (Lipinski definition) is 1. The first kappa shape index (κ1) is 38.1. The molecule has 0 spiro atoms. The van der Waals surface area contributed by atoms with Crippen molar-refractivity contribution in [3.05, 3.63) is 222 Å². The van der Waals surface area contributed by atoms with E-state index in [0.717, 1.165) is 0 Å². The van der Waals surface area contributed by atoms with Gasteiger partial charge in [-0.25, -0.2) is 0 Å². The molecule has 0 unspecified atom stereocenters. The molecule has 0 aromatic heterocycles. The summed E-state index contributed by atoms with van der Waals surface area (Å²) in [4.78, 5) is 2.72. The van der Waals surface area contributed by atoms with Gasteiger partial charge in [0.05, 0.1) is 0 Å². The summed E-state index contributed by atoms with van der Waals surface area (Å²) >= 11 is 0. The van der Waals surface area contributed by atoms with Crippen molar-refractivity contribution in [1.29, 1.82) is 0 Å². The number of anilines is 3. The molecule has 0 N–H and O–H groups in total. The second kappa shape index (κ2) is 13.0. The van der Waals surface area contributed by atoms with Gasteiger partial charge in [-0.3, -0.25) is 0 Å². The lowest BCUT2D eigenvalue weighted by Crippen LogP contribution is -2.63. The Morgan fingerprint density at radius 2 is 0.841 bits per heavy atom. The van der Waals surface area contributed by atoms with Gasteiger partial charge < -0.3 is 4.90 Å². The van der Waals surface area contributed by atoms with Gasteiger partial charge in [-0.05, 0) is 146 Å². The fourth-order valence-corrected chi connectivity index (χ4v) is 14.4. The summed E-state index contributed by atoms with van der Waals surface area (Å²) in [5.74, 6) is 0. The Balaban J connectivity index is 1.06. The fourth-order valence-electron chi connectivity index (χ4n) is 14.4. The van der Waals surface area contributed by atoms with E-state index in [-0.39, 0.29) is 24.3 Å². The smallest absolute Gasteiger partial charge is 0.248 e. The van der Waals surface area contributed by atoms with Gasteiger partial charge >= 0.3 is 0 Å². The van der Waals surface area contributed by atoms with Gasteiger partial charge in [0, 0.05) is 27.9 Å². The average Bonchev–Trinajstić information content (AvgIpc) is 4.05. The third-order valence-electron chi connectivity index (χ3n) is 17.4. The number of hydrogen-bond donors (Lipinski definition) is 0. The largest absolute Gasteiger partial charge is 0.312 e. The van der Waals surface area contributed by atoms with E-state index >= 15 is 0 Å². The highest BCUT2D eigenvalue weighted by Gasteiger charge is 2.52. The molecule has 1 nitrogen and oxygen atoms in total. The molecule has 0 saturated carbocycles. The van der Waals surface area contributed by atoms with Gasteiger partial charge in [-0.2, -0.15) is 0 Å². The molecule has 320 valence electrons. The van der Waals surface area contributed by atoms with Crippen LogP contribution in [0.1, 0.15) is 49.9 Å². The van der Waals surface area contributed by atoms with E-state index in [2.05, 4.69) is 233 Å². The van der Waals surface area contributed by atoms with Crippen molar-refractivity contribution in [1.82, 2.24) is 0 Å². The van der Waals surface area contributed by atoms with Crippen LogP contribution in [0.15, 0.2) is 200 Å². The summed E-state index contributed by atoms with van der Waals surface area (Å²) in [5, 5.41) is 0. The summed E-state index contributed by atoms with van der Waals surface area (Å²) in [6.45, 7) is 9.85. The predicted octanol–water partition coefficient (Wildman–Crippen LogP) is 12.4. The highest BCUT2D eigenvalue weighted by Crippen LogP contribution is 2.57. The molecule has 3 heteroatoms. The van der Waals surface area contributed by atoms with Gasteiger partial charge in [0.25, 0.3) is 0 Å². The summed E-state index contributed by atoms with van der Waals surface area (Å²) < 4.78 is 0. The number of nitrogens with zero attached hydrogens (tertiary/aromatic N) is 1. The normalized spacial score (nSPS) is 15.4. The topological polar surface area (TPSA) is 3.24 Å². The lowest BCUT2D eigenvalue weighted by atomic mass is 9.32. The Hall–Kier alpha value is -7.87. The van der Waals surface area contributed by atoms with Crippen LogP contribution >= 0.6 is 0 Å². The summed E-state index contributed by atoms with van der Waals surface area (Å²) in [6, 6.07) is 77.1. The molecule has 0 radical (unpaired) electrons. The summed E-state index contributed by atoms with van der Waals surface area (Å²) in [7, 11) is 0. The third kappa shape index (κ3) is 4.69. The van der Waals surface area contributed by atoms with Crippen LogP contribution in [0.5, 0.6) is 0 Å². The highest BCUT2D eigenvalue weighted by molar-refractivity contribution is 7.05. The monoisotopic (exact) mass is 873 g/mol. The lowest BCUT2D eigenvalue weighted by Gasteiger charge is -2.43. The van der Waals surface area contributed by atoms with Gasteiger partial charge in [-0.15, -0.1) is 0 Å². The van der Waals surface area contributed by atoms with Crippen molar-refractivity contribution in [2.24, 2.45) is 0 Å². The van der Waals surface area contributed by atoms with Crippen molar-refractivity contribution >= 4 is 63.3 Å². The molecule has 10 aromatic rings. The minimum Gasteiger partial charge on any atom is -0.312 e. The van der Waals surface area contributed by atoms with Crippen molar-refractivity contribution in [3.63, 3.8) is 0 Å². The summed E-state index contributed by atoms with van der Waals surface area (Å²) in [6.07, 6.45) is 0. The van der Waals surface area contributed by atoms with Crippen LogP contribution in [0, 0.1) is 0 Å². The average molecular weight is 874 g/mol. The van der Waals surface area contributed by atoms with E-state index in [9.17, 15) is 0 Å². The van der Waals surface area contributed by atoms with E-state index in [1.165, 1.54) is 150 Å². The summed E-state index contributed by atoms with van der Waals surface area (Å²) in [5.41, 5.74) is 36.5. The minimum absolute atomic E-state index is 0.0230. The maximum atomic E-state index is 2.72. The van der Waals surface area contributed by atoms with E-state index in [0.29, 0.717) is 0 Å². The number of fused-ring (bicyclic) bond motifs is 16. The zero-order valence-electron chi connectivity index (χ0n) is 39.2. The van der Waals surface area contributed by atoms with Crippen molar-refractivity contribution in [2.45, 2.75) is 38.5 Å². The molecule has 16 rings (SSSR count). The zero-order valence-corrected chi connectivity index (χ0v) is 39.2. The molecule has 6 aliphatic rings. The van der Waals surface area contributed by atoms with Gasteiger partial charge in [0.1, 0.15) is 0 Å². The molecule has 0 bridgehead atoms. The molecule has 0 saturated heterocycles. The maximum Gasteiger partial charge on any atom is 0.248 e. The molecule has 69 heavy (non-hydrogen) atoms. The molecule has 2 aliphatic carbocycles. The molecule has 0 atom stereocenters. The van der Waals surface area contributed by atoms with Gasteiger partial charge in [0.2, 0.25) is 13.4 Å². The predicted molar refractivity (Wildman–Crippen MR) is 293 cm³/mol. The number of benzene rings is 10. The van der Waals surface area contributed by atoms with E-state index in [1.54, 1.807) is 0 Å². The van der Waals surface area contributed by atoms with Crippen molar-refractivity contribution in [2.75, 3.05) is 4.90 Å². The Kier molecular flexibility index (Phi) is 7.19. The second-order valence-electron chi connectivity index (χ2n) is 21.5. The standard InChI is InChI=1S/C66H45B2N/c1-65(2)49-28-16-14-25-43(49)46-35-47-44-27-18-30-57-62(44)67(53(47)36-51(46)65)55-32-42(39-21-10-6-11-22-39)33-56-64(55)69(57)58-34-41(38-19-8-5-9-20-38)31-48-61-54(68(56)63(48)58)37-52-60(59(61)40-23-12-7-13-24-40)45-26-15-17-29-50(45)66(52,3)4/h5-37H,1-4H3. The number of rotatable bonds is 3. The molecule has 0 fully saturated rings. The second-order valence-corrected chi connectivity index (χ2v) is 21.5. The SMILES string of the molecule is CC1(C)c2ccccc2-c2cc3c(cc21)B1c2cc(-c4ccccc4)cc4c2N(c2cccc-3c21)c1cc(-c2ccccc2)cc2c1B4c1cc3c(c(-c4ccccc4)c1-2)-c1ccccc1C3(C)C. The molecule has 4 heterocycles. The first-order chi connectivity index (χ1) is 33.8. The van der Waals surface area contributed by atoms with Gasteiger partial charge in [-0.1, -0.05) is 215 Å². The van der Waals surface area contributed by atoms with Crippen LogP contribution in [0.4, 0.5) is 17.1 Å². The lowest BCUT2D eigenvalue weighted by molar-refractivity contribution is 0.661. The van der Waals surface area contributed by atoms with E-state index in [4.69, 9.17) is 0 Å². The van der Waals surface area contributed by atoms with Crippen LogP contribution in [0.2, 0.25) is 0 Å². The van der Waals surface area contributed by atoms with Crippen LogP contribution in [-0.4, -0.2) is 13.4 Å². The van der Waals surface area contributed by atoms with Crippen molar-refractivity contribution in [3.8, 4) is 77.9 Å². The van der Waals surface area contributed by atoms with Crippen LogP contribution < -0.4 is 37.7 Å². The van der Waals surface area contributed by atoms with Crippen LogP contribution in [0.25, 0.3) is 77.9 Å². The van der Waals surface area contributed by atoms with Gasteiger partial charge in [0.15, 0.2) is 0 Å². The van der Waals surface area contributed by atoms with Crippen LogP contribution in [0.3, 0.4) is 0 Å². The zero-order chi connectivity index (χ0) is 45.7. The fraction of sp³-hybridized carbons (Fsp3) is 0.0909. The highest BCUT2D eigenvalue weighted by atomic mass is 15.2. The molecular formula is C66H45B2N. The molecule has 10 aromatic carbocycles. The minimum atomic E-state index is -0.181. The maximum absolute atomic E-state index is 2.72. The molecule has 0 amide bonds. The Labute approximate surface area is 405 Å². The first-order valence-corrected chi connectivity index (χ1v) is 24.8. The first-order valence-electron chi connectivity index (χ1n) is 24.8. The van der Waals surface area contributed by atoms with E-state index in [1.807, 2.05) is 0 Å². The quantitative estimate of drug-likeness (QED) is 0.160. The molecule has 4 aliphatic heterocycles. The Morgan fingerprint density at radius 1 is 0.304 bits per heavy atom. The Bertz CT molecular complexity index is 3960. The Morgan fingerprint density at radius 3 is 1.54 bits per heavy atom. The molecular weight excluding hydrogens is 828 g/mol. The van der Waals surface area contributed by atoms with E-state index < -0.39 is 0 Å². The van der Waals surface area contributed by atoms with Crippen molar-refractivity contribution < 1.29 is 0 Å².